The fraction of sp³-hybridized carbons (Fsp3) is 0.385. The van der Waals surface area contributed by atoms with E-state index in [4.69, 9.17) is 16.7 Å². The summed E-state index contributed by atoms with van der Waals surface area (Å²) in [6.45, 7) is 3.80. The first-order chi connectivity index (χ1) is 8.88. The highest BCUT2D eigenvalue weighted by Gasteiger charge is 2.20. The number of aliphatic carboxylic acids is 1. The van der Waals surface area contributed by atoms with Crippen LogP contribution in [0.2, 0.25) is 5.02 Å². The molecule has 0 aliphatic rings. The summed E-state index contributed by atoms with van der Waals surface area (Å²) in [4.78, 5) is 22.7. The Hall–Kier alpha value is -1.75. The molecule has 5 nitrogen and oxygen atoms in total. The lowest BCUT2D eigenvalue weighted by Crippen LogP contribution is -2.43. The normalized spacial score (nSPS) is 12.0. The van der Waals surface area contributed by atoms with Crippen LogP contribution in [-0.2, 0) is 4.79 Å². The third kappa shape index (κ3) is 5.61. The van der Waals surface area contributed by atoms with Crippen LogP contribution in [0, 0.1) is 5.92 Å². The largest absolute Gasteiger partial charge is 0.480 e. The van der Waals surface area contributed by atoms with Crippen molar-refractivity contribution < 1.29 is 14.7 Å². The third-order valence-electron chi connectivity index (χ3n) is 2.41. The number of rotatable bonds is 5. The Bertz CT molecular complexity index is 446. The highest BCUT2D eigenvalue weighted by molar-refractivity contribution is 6.30. The summed E-state index contributed by atoms with van der Waals surface area (Å²) >= 11 is 5.73. The van der Waals surface area contributed by atoms with Crippen molar-refractivity contribution in [1.82, 2.24) is 5.32 Å². The zero-order chi connectivity index (χ0) is 14.4. The zero-order valence-corrected chi connectivity index (χ0v) is 11.6. The third-order valence-corrected chi connectivity index (χ3v) is 2.66. The Morgan fingerprint density at radius 1 is 1.26 bits per heavy atom. The van der Waals surface area contributed by atoms with Crippen molar-refractivity contribution in [2.75, 3.05) is 5.32 Å². The molecular weight excluding hydrogens is 268 g/mol. The topological polar surface area (TPSA) is 78.4 Å². The Labute approximate surface area is 117 Å². The van der Waals surface area contributed by atoms with Crippen LogP contribution in [0.15, 0.2) is 24.3 Å². The first-order valence-corrected chi connectivity index (χ1v) is 6.32. The average molecular weight is 285 g/mol. The second-order valence-corrected chi connectivity index (χ2v) is 5.06. The minimum absolute atomic E-state index is 0.178. The average Bonchev–Trinajstić information content (AvgIpc) is 2.30. The van der Waals surface area contributed by atoms with Crippen LogP contribution in [0.25, 0.3) is 0 Å². The van der Waals surface area contributed by atoms with Gasteiger partial charge in [0.1, 0.15) is 6.04 Å². The van der Waals surface area contributed by atoms with Gasteiger partial charge >= 0.3 is 12.0 Å². The monoisotopic (exact) mass is 284 g/mol. The van der Waals surface area contributed by atoms with Crippen molar-refractivity contribution in [1.29, 1.82) is 0 Å². The second kappa shape index (κ2) is 6.99. The quantitative estimate of drug-likeness (QED) is 0.778. The molecule has 2 amide bonds. The van der Waals surface area contributed by atoms with Crippen LogP contribution >= 0.6 is 11.6 Å². The van der Waals surface area contributed by atoms with Crippen molar-refractivity contribution in [3.05, 3.63) is 29.3 Å². The van der Waals surface area contributed by atoms with Crippen LogP contribution in [-0.4, -0.2) is 23.1 Å². The molecule has 19 heavy (non-hydrogen) atoms. The molecule has 0 fully saturated rings. The summed E-state index contributed by atoms with van der Waals surface area (Å²) in [6, 6.07) is 5.11. The fourth-order valence-electron chi connectivity index (χ4n) is 1.55. The van der Waals surface area contributed by atoms with Gasteiger partial charge in [-0.15, -0.1) is 0 Å². The van der Waals surface area contributed by atoms with Crippen molar-refractivity contribution in [3.63, 3.8) is 0 Å². The number of anilines is 1. The van der Waals surface area contributed by atoms with Crippen molar-refractivity contribution >= 4 is 29.3 Å². The molecule has 1 atom stereocenters. The number of benzene rings is 1. The van der Waals surface area contributed by atoms with Crippen molar-refractivity contribution in [3.8, 4) is 0 Å². The maximum atomic E-state index is 11.7. The van der Waals surface area contributed by atoms with E-state index in [-0.39, 0.29) is 5.92 Å². The van der Waals surface area contributed by atoms with Gasteiger partial charge in [-0.25, -0.2) is 9.59 Å². The highest BCUT2D eigenvalue weighted by atomic mass is 35.5. The Morgan fingerprint density at radius 3 is 2.32 bits per heavy atom. The van der Waals surface area contributed by atoms with Gasteiger partial charge in [0.05, 0.1) is 0 Å². The molecule has 1 rings (SSSR count). The Balaban J connectivity index is 2.57. The van der Waals surface area contributed by atoms with Crippen molar-refractivity contribution in [2.24, 2.45) is 5.92 Å². The molecular formula is C13H17ClN2O3. The fourth-order valence-corrected chi connectivity index (χ4v) is 1.68. The van der Waals surface area contributed by atoms with Gasteiger partial charge in [-0.2, -0.15) is 0 Å². The first kappa shape index (κ1) is 15.3. The number of urea groups is 1. The smallest absolute Gasteiger partial charge is 0.326 e. The number of halogens is 1. The van der Waals surface area contributed by atoms with E-state index in [0.717, 1.165) is 0 Å². The van der Waals surface area contributed by atoms with E-state index < -0.39 is 18.0 Å². The number of nitrogens with one attached hydrogen (secondary N) is 2. The SMILES string of the molecule is CC(C)C[C@@H](NC(=O)Nc1ccc(Cl)cc1)C(=O)O. The summed E-state index contributed by atoms with van der Waals surface area (Å²) in [7, 11) is 0. The molecule has 6 heteroatoms. The Kier molecular flexibility index (Phi) is 5.63. The van der Waals surface area contributed by atoms with Crippen LogP contribution < -0.4 is 10.6 Å². The van der Waals surface area contributed by atoms with Gasteiger partial charge in [-0.1, -0.05) is 25.4 Å². The summed E-state index contributed by atoms with van der Waals surface area (Å²) in [5.41, 5.74) is 0.551. The zero-order valence-electron chi connectivity index (χ0n) is 10.8. The van der Waals surface area contributed by atoms with Gasteiger partial charge in [-0.3, -0.25) is 0 Å². The van der Waals surface area contributed by atoms with Crippen LogP contribution in [0.1, 0.15) is 20.3 Å². The molecule has 0 radical (unpaired) electrons. The summed E-state index contributed by atoms with van der Waals surface area (Å²) < 4.78 is 0. The maximum Gasteiger partial charge on any atom is 0.326 e. The van der Waals surface area contributed by atoms with E-state index in [1.165, 1.54) is 0 Å². The molecule has 0 spiro atoms. The van der Waals surface area contributed by atoms with Gasteiger partial charge < -0.3 is 15.7 Å². The van der Waals surface area contributed by atoms with Gasteiger partial charge in [0.15, 0.2) is 0 Å². The van der Waals surface area contributed by atoms with E-state index in [9.17, 15) is 9.59 Å². The lowest BCUT2D eigenvalue weighted by atomic mass is 10.0. The summed E-state index contributed by atoms with van der Waals surface area (Å²) in [5, 5.41) is 14.6. The number of hydrogen-bond acceptors (Lipinski definition) is 2. The number of carbonyl (C=O) groups excluding carboxylic acids is 1. The first-order valence-electron chi connectivity index (χ1n) is 5.94. The lowest BCUT2D eigenvalue weighted by Gasteiger charge is -2.16. The predicted molar refractivity (Wildman–Crippen MR) is 74.5 cm³/mol. The molecule has 0 aromatic heterocycles. The maximum absolute atomic E-state index is 11.7. The number of carboxylic acid groups (broad SMARTS) is 1. The summed E-state index contributed by atoms with van der Waals surface area (Å²) in [6.07, 6.45) is 0.378. The predicted octanol–water partition coefficient (Wildman–Crippen LogP) is 2.96. The van der Waals surface area contributed by atoms with E-state index in [0.29, 0.717) is 17.1 Å². The molecule has 0 aliphatic heterocycles. The van der Waals surface area contributed by atoms with E-state index >= 15 is 0 Å². The number of hydrogen-bond donors (Lipinski definition) is 3. The van der Waals surface area contributed by atoms with Crippen LogP contribution in [0.4, 0.5) is 10.5 Å². The second-order valence-electron chi connectivity index (χ2n) is 4.63. The molecule has 0 aliphatic carbocycles. The van der Waals surface area contributed by atoms with Gasteiger partial charge in [0, 0.05) is 10.7 Å². The van der Waals surface area contributed by atoms with Gasteiger partial charge in [0.2, 0.25) is 0 Å². The standard InChI is InChI=1S/C13H17ClN2O3/c1-8(2)7-11(12(17)18)16-13(19)15-10-5-3-9(14)4-6-10/h3-6,8,11H,7H2,1-2H3,(H,17,18)(H2,15,16,19)/t11-/m1/s1. The molecule has 104 valence electrons. The molecule has 0 saturated carbocycles. The minimum atomic E-state index is -1.04. The van der Waals surface area contributed by atoms with E-state index in [1.807, 2.05) is 13.8 Å². The van der Waals surface area contributed by atoms with Gasteiger partial charge in [-0.05, 0) is 36.6 Å². The number of carbonyl (C=O) groups is 2. The van der Waals surface area contributed by atoms with Gasteiger partial charge in [0.25, 0.3) is 0 Å². The highest BCUT2D eigenvalue weighted by Crippen LogP contribution is 2.13. The number of amides is 2. The molecule has 0 heterocycles. The summed E-state index contributed by atoms with van der Waals surface area (Å²) in [5.74, 6) is -0.864. The number of carboxylic acids is 1. The van der Waals surface area contributed by atoms with Crippen LogP contribution in [0.5, 0.6) is 0 Å². The molecule has 3 N–H and O–H groups in total. The molecule has 0 bridgehead atoms. The minimum Gasteiger partial charge on any atom is -0.480 e. The molecule has 1 aromatic carbocycles. The van der Waals surface area contributed by atoms with Crippen molar-refractivity contribution in [2.45, 2.75) is 26.3 Å². The molecule has 1 aromatic rings. The van der Waals surface area contributed by atoms with E-state index in [1.54, 1.807) is 24.3 Å². The van der Waals surface area contributed by atoms with E-state index in [2.05, 4.69) is 10.6 Å². The molecule has 0 unspecified atom stereocenters. The molecule has 0 saturated heterocycles. The lowest BCUT2D eigenvalue weighted by molar-refractivity contribution is -0.139. The Morgan fingerprint density at radius 2 is 1.84 bits per heavy atom. The van der Waals surface area contributed by atoms with Crippen LogP contribution in [0.3, 0.4) is 0 Å².